The molecule has 0 atom stereocenters. The van der Waals surface area contributed by atoms with E-state index >= 15 is 0 Å². The van der Waals surface area contributed by atoms with Gasteiger partial charge >= 0.3 is 0 Å². The number of nitrogens with two attached hydrogens (primary N) is 1. The number of hydrogen-bond acceptors (Lipinski definition) is 4. The first-order valence-corrected chi connectivity index (χ1v) is 7.72. The molecule has 0 bridgehead atoms. The van der Waals surface area contributed by atoms with Crippen LogP contribution in [0.15, 0.2) is 35.4 Å². The van der Waals surface area contributed by atoms with Crippen molar-refractivity contribution in [3.8, 4) is 5.69 Å². The lowest BCUT2D eigenvalue weighted by atomic mass is 10.1. The maximum atomic E-state index is 11.7. The zero-order chi connectivity index (χ0) is 14.9. The molecule has 0 saturated carbocycles. The van der Waals surface area contributed by atoms with Crippen LogP contribution < -0.4 is 10.5 Å². The lowest BCUT2D eigenvalue weighted by molar-refractivity contribution is 0.588. The van der Waals surface area contributed by atoms with Crippen LogP contribution in [0.25, 0.3) is 5.69 Å². The zero-order valence-corrected chi connectivity index (χ0v) is 12.5. The van der Waals surface area contributed by atoms with E-state index in [-0.39, 0.29) is 10.6 Å². The van der Waals surface area contributed by atoms with Gasteiger partial charge in [0.1, 0.15) is 4.90 Å². The van der Waals surface area contributed by atoms with Crippen LogP contribution in [-0.2, 0) is 10.0 Å². The largest absolute Gasteiger partial charge is 0.398 e. The van der Waals surface area contributed by atoms with Gasteiger partial charge in [0.2, 0.25) is 10.0 Å². The predicted octanol–water partition coefficient (Wildman–Crippen LogP) is 1.49. The first kappa shape index (κ1) is 14.5. The van der Waals surface area contributed by atoms with Gasteiger partial charge in [-0.25, -0.2) is 17.8 Å². The molecule has 1 aromatic heterocycles. The second-order valence-electron chi connectivity index (χ2n) is 4.77. The van der Waals surface area contributed by atoms with Crippen LogP contribution in [0.2, 0.25) is 0 Å². The Morgan fingerprint density at radius 2 is 2.00 bits per heavy atom. The van der Waals surface area contributed by atoms with E-state index in [1.54, 1.807) is 16.8 Å². The van der Waals surface area contributed by atoms with Crippen molar-refractivity contribution in [2.75, 3.05) is 12.8 Å². The maximum Gasteiger partial charge on any atom is 0.242 e. The van der Waals surface area contributed by atoms with Gasteiger partial charge in [-0.3, -0.25) is 0 Å². The summed E-state index contributed by atoms with van der Waals surface area (Å²) < 4.78 is 27.4. The normalized spacial score (nSPS) is 12.0. The number of rotatable bonds is 4. The zero-order valence-electron chi connectivity index (χ0n) is 11.7. The van der Waals surface area contributed by atoms with Crippen molar-refractivity contribution in [3.63, 3.8) is 0 Å². The summed E-state index contributed by atoms with van der Waals surface area (Å²) in [6.07, 6.45) is 1.83. The molecule has 2 aromatic rings. The fraction of sp³-hybridized carbons (Fsp3) is 0.308. The van der Waals surface area contributed by atoms with Crippen LogP contribution in [0.1, 0.15) is 25.5 Å². The van der Waals surface area contributed by atoms with E-state index in [0.717, 1.165) is 11.4 Å². The number of anilines is 1. The van der Waals surface area contributed by atoms with Gasteiger partial charge in [-0.05, 0) is 37.2 Å². The van der Waals surface area contributed by atoms with E-state index in [1.807, 2.05) is 12.3 Å². The third-order valence-electron chi connectivity index (χ3n) is 3.02. The Morgan fingerprint density at radius 1 is 1.30 bits per heavy atom. The SMILES string of the molecule is CNS(=O)(=O)c1ccc(-n2ccc(C(C)C)n2)cc1N. The molecule has 20 heavy (non-hydrogen) atoms. The van der Waals surface area contributed by atoms with Crippen molar-refractivity contribution in [1.82, 2.24) is 14.5 Å². The molecule has 2 rings (SSSR count). The van der Waals surface area contributed by atoms with E-state index in [2.05, 4.69) is 23.7 Å². The maximum absolute atomic E-state index is 11.7. The minimum Gasteiger partial charge on any atom is -0.398 e. The molecule has 108 valence electrons. The number of benzene rings is 1. The molecule has 0 saturated heterocycles. The van der Waals surface area contributed by atoms with Gasteiger partial charge in [-0.15, -0.1) is 0 Å². The number of nitrogens with zero attached hydrogens (tertiary/aromatic N) is 2. The van der Waals surface area contributed by atoms with Gasteiger partial charge in [0, 0.05) is 6.20 Å². The highest BCUT2D eigenvalue weighted by atomic mass is 32.2. The second-order valence-corrected chi connectivity index (χ2v) is 6.62. The molecular formula is C13H18N4O2S. The third-order valence-corrected chi connectivity index (χ3v) is 4.51. The molecule has 7 heteroatoms. The van der Waals surface area contributed by atoms with Gasteiger partial charge in [0.05, 0.1) is 17.1 Å². The van der Waals surface area contributed by atoms with Crippen molar-refractivity contribution in [3.05, 3.63) is 36.2 Å². The molecule has 0 amide bonds. The molecular weight excluding hydrogens is 276 g/mol. The van der Waals surface area contributed by atoms with Crippen molar-refractivity contribution in [2.24, 2.45) is 0 Å². The molecule has 0 aliphatic heterocycles. The van der Waals surface area contributed by atoms with Crippen LogP contribution >= 0.6 is 0 Å². The molecule has 1 heterocycles. The number of aromatic nitrogens is 2. The molecule has 3 N–H and O–H groups in total. The highest BCUT2D eigenvalue weighted by Gasteiger charge is 2.16. The number of nitrogen functional groups attached to an aromatic ring is 1. The summed E-state index contributed by atoms with van der Waals surface area (Å²) in [6, 6.07) is 6.69. The minimum atomic E-state index is -3.54. The molecule has 0 unspecified atom stereocenters. The van der Waals surface area contributed by atoms with Gasteiger partial charge in [-0.1, -0.05) is 13.8 Å². The standard InChI is InChI=1S/C13H18N4O2S/c1-9(2)12-6-7-17(16-12)10-4-5-13(11(14)8-10)20(18,19)15-3/h4-9,15H,14H2,1-3H3. The van der Waals surface area contributed by atoms with Crippen molar-refractivity contribution >= 4 is 15.7 Å². The van der Waals surface area contributed by atoms with E-state index in [4.69, 9.17) is 5.73 Å². The Bertz CT molecular complexity index is 720. The van der Waals surface area contributed by atoms with Crippen LogP contribution in [0, 0.1) is 0 Å². The molecule has 0 spiro atoms. The predicted molar refractivity (Wildman–Crippen MR) is 78.3 cm³/mol. The fourth-order valence-corrected chi connectivity index (χ4v) is 2.66. The summed E-state index contributed by atoms with van der Waals surface area (Å²) in [6.45, 7) is 4.12. The first-order valence-electron chi connectivity index (χ1n) is 6.24. The summed E-state index contributed by atoms with van der Waals surface area (Å²) in [5.41, 5.74) is 7.71. The molecule has 0 aliphatic rings. The Balaban J connectivity index is 2.43. The second kappa shape index (κ2) is 5.26. The van der Waals surface area contributed by atoms with Crippen LogP contribution in [0.3, 0.4) is 0 Å². The average Bonchev–Trinajstić information content (AvgIpc) is 2.88. The highest BCUT2D eigenvalue weighted by Crippen LogP contribution is 2.22. The van der Waals surface area contributed by atoms with Gasteiger partial charge in [0.25, 0.3) is 0 Å². The quantitative estimate of drug-likeness (QED) is 0.836. The number of nitrogens with one attached hydrogen (secondary N) is 1. The van der Waals surface area contributed by atoms with E-state index in [9.17, 15) is 8.42 Å². The summed E-state index contributed by atoms with van der Waals surface area (Å²) in [7, 11) is -2.19. The van der Waals surface area contributed by atoms with E-state index in [1.165, 1.54) is 13.1 Å². The monoisotopic (exact) mass is 294 g/mol. The lowest BCUT2D eigenvalue weighted by Crippen LogP contribution is -2.20. The highest BCUT2D eigenvalue weighted by molar-refractivity contribution is 7.89. The van der Waals surface area contributed by atoms with Crippen molar-refractivity contribution < 1.29 is 8.42 Å². The van der Waals surface area contributed by atoms with Gasteiger partial charge in [-0.2, -0.15) is 5.10 Å². The smallest absolute Gasteiger partial charge is 0.242 e. The third kappa shape index (κ3) is 2.68. The summed E-state index contributed by atoms with van der Waals surface area (Å²) in [4.78, 5) is 0.0694. The van der Waals surface area contributed by atoms with E-state index < -0.39 is 10.0 Å². The summed E-state index contributed by atoms with van der Waals surface area (Å²) in [5, 5.41) is 4.43. The van der Waals surface area contributed by atoms with Crippen LogP contribution in [-0.4, -0.2) is 25.2 Å². The molecule has 0 aliphatic carbocycles. The summed E-state index contributed by atoms with van der Waals surface area (Å²) >= 11 is 0. The molecule has 0 radical (unpaired) electrons. The van der Waals surface area contributed by atoms with Crippen molar-refractivity contribution in [2.45, 2.75) is 24.7 Å². The number of sulfonamides is 1. The van der Waals surface area contributed by atoms with Crippen LogP contribution in [0.4, 0.5) is 5.69 Å². The van der Waals surface area contributed by atoms with E-state index in [0.29, 0.717) is 5.92 Å². The Kier molecular flexibility index (Phi) is 3.82. The lowest BCUT2D eigenvalue weighted by Gasteiger charge is -2.08. The average molecular weight is 294 g/mol. The Hall–Kier alpha value is -1.86. The Labute approximate surface area is 118 Å². The Morgan fingerprint density at radius 3 is 2.50 bits per heavy atom. The first-order chi connectivity index (χ1) is 9.35. The summed E-state index contributed by atoms with van der Waals surface area (Å²) in [5.74, 6) is 0.331. The van der Waals surface area contributed by atoms with Gasteiger partial charge < -0.3 is 5.73 Å². The topological polar surface area (TPSA) is 90.0 Å². The fourth-order valence-electron chi connectivity index (χ4n) is 1.82. The van der Waals surface area contributed by atoms with Crippen LogP contribution in [0.5, 0.6) is 0 Å². The number of hydrogen-bond donors (Lipinski definition) is 2. The molecule has 6 nitrogen and oxygen atoms in total. The minimum absolute atomic E-state index is 0.0694. The molecule has 1 aromatic carbocycles. The van der Waals surface area contributed by atoms with Crippen molar-refractivity contribution in [1.29, 1.82) is 0 Å². The van der Waals surface area contributed by atoms with Gasteiger partial charge in [0.15, 0.2) is 0 Å². The molecule has 0 fully saturated rings.